The molecule has 3 N–H and O–H groups in total. The van der Waals surface area contributed by atoms with Crippen molar-refractivity contribution in [2.24, 2.45) is 0 Å². The highest BCUT2D eigenvalue weighted by atomic mass is 16.5. The minimum Gasteiger partial charge on any atom is -0.493 e. The van der Waals surface area contributed by atoms with Crippen LogP contribution >= 0.6 is 0 Å². The first-order valence-corrected chi connectivity index (χ1v) is 15.1. The maximum absolute atomic E-state index is 12.9. The Hall–Kier alpha value is -4.63. The van der Waals surface area contributed by atoms with Gasteiger partial charge in [0.2, 0.25) is 5.89 Å². The third kappa shape index (κ3) is 8.26. The van der Waals surface area contributed by atoms with E-state index in [1.807, 2.05) is 61.5 Å². The van der Waals surface area contributed by atoms with Crippen molar-refractivity contribution < 1.29 is 33.7 Å². The van der Waals surface area contributed by atoms with E-state index in [0.29, 0.717) is 40.7 Å². The van der Waals surface area contributed by atoms with Crippen LogP contribution in [0.5, 0.6) is 17.2 Å². The zero-order chi connectivity index (χ0) is 30.9. The molecule has 0 saturated heterocycles. The van der Waals surface area contributed by atoms with Crippen LogP contribution in [0, 0.1) is 6.92 Å². The molecule has 0 aliphatic heterocycles. The number of carbonyl (C=O) groups is 2. The smallest absolute Gasteiger partial charge is 0.303 e. The van der Waals surface area contributed by atoms with Gasteiger partial charge in [-0.3, -0.25) is 9.59 Å². The molecule has 44 heavy (non-hydrogen) atoms. The maximum Gasteiger partial charge on any atom is 0.303 e. The lowest BCUT2D eigenvalue weighted by atomic mass is 9.94. The lowest BCUT2D eigenvalue weighted by Crippen LogP contribution is -2.39. The fourth-order valence-corrected chi connectivity index (χ4v) is 5.39. The normalized spacial score (nSPS) is 14.1. The summed E-state index contributed by atoms with van der Waals surface area (Å²) in [5.74, 6) is 1.70. The van der Waals surface area contributed by atoms with E-state index in [1.165, 1.54) is 0 Å². The number of nitrogens with zero attached hydrogens (tertiary/aromatic N) is 1. The molecular formula is C35H38N2O7. The third-order valence-corrected chi connectivity index (χ3v) is 7.80. The van der Waals surface area contributed by atoms with Crippen LogP contribution < -0.4 is 14.8 Å². The van der Waals surface area contributed by atoms with Crippen LogP contribution in [-0.4, -0.2) is 39.7 Å². The van der Waals surface area contributed by atoms with Gasteiger partial charge in [0.05, 0.1) is 12.3 Å². The van der Waals surface area contributed by atoms with E-state index in [-0.39, 0.29) is 25.5 Å². The van der Waals surface area contributed by atoms with Crippen LogP contribution in [0.4, 0.5) is 0 Å². The van der Waals surface area contributed by atoms with Crippen molar-refractivity contribution in [1.29, 1.82) is 0 Å². The molecule has 9 heteroatoms. The number of carboxylic acid groups (broad SMARTS) is 1. The van der Waals surface area contributed by atoms with E-state index < -0.39 is 18.0 Å². The van der Waals surface area contributed by atoms with Gasteiger partial charge in [0, 0.05) is 24.4 Å². The van der Waals surface area contributed by atoms with Gasteiger partial charge in [0.15, 0.2) is 6.10 Å². The third-order valence-electron chi connectivity index (χ3n) is 7.80. The van der Waals surface area contributed by atoms with Gasteiger partial charge in [-0.25, -0.2) is 4.98 Å². The van der Waals surface area contributed by atoms with Crippen molar-refractivity contribution in [3.63, 3.8) is 0 Å². The highest BCUT2D eigenvalue weighted by Crippen LogP contribution is 2.29. The number of aryl methyl sites for hydroxylation is 2. The second-order valence-corrected chi connectivity index (χ2v) is 11.1. The Morgan fingerprint density at radius 3 is 2.39 bits per heavy atom. The molecule has 1 fully saturated rings. The summed E-state index contributed by atoms with van der Waals surface area (Å²) in [4.78, 5) is 28.8. The molecule has 4 aromatic rings. The molecule has 9 nitrogen and oxygen atoms in total. The fraction of sp³-hybridized carbons (Fsp3) is 0.343. The summed E-state index contributed by atoms with van der Waals surface area (Å²) in [6, 6.07) is 22.2. The quantitative estimate of drug-likeness (QED) is 0.158. The van der Waals surface area contributed by atoms with Crippen molar-refractivity contribution in [3.05, 3.63) is 95.4 Å². The summed E-state index contributed by atoms with van der Waals surface area (Å²) in [6.07, 6.45) is 4.18. The number of carbonyl (C=O) groups excluding carboxylic acids is 1. The van der Waals surface area contributed by atoms with Gasteiger partial charge in [-0.15, -0.1) is 0 Å². The van der Waals surface area contributed by atoms with Gasteiger partial charge in [-0.05, 0) is 85.8 Å². The Labute approximate surface area is 256 Å². The van der Waals surface area contributed by atoms with Gasteiger partial charge >= 0.3 is 5.97 Å². The topological polar surface area (TPSA) is 131 Å². The summed E-state index contributed by atoms with van der Waals surface area (Å²) >= 11 is 0. The highest BCUT2D eigenvalue weighted by molar-refractivity contribution is 5.83. The molecule has 1 aliphatic rings. The van der Waals surface area contributed by atoms with Crippen LogP contribution in [0.2, 0.25) is 0 Å². The second kappa shape index (κ2) is 14.7. The molecule has 1 saturated carbocycles. The Balaban J connectivity index is 1.21. The summed E-state index contributed by atoms with van der Waals surface area (Å²) in [5, 5.41) is 23.1. The van der Waals surface area contributed by atoms with Crippen LogP contribution in [0.3, 0.4) is 0 Å². The number of aromatic nitrogens is 1. The lowest BCUT2D eigenvalue weighted by molar-refractivity contribution is -0.137. The molecule has 230 valence electrons. The van der Waals surface area contributed by atoms with E-state index in [1.54, 1.807) is 18.2 Å². The van der Waals surface area contributed by atoms with Gasteiger partial charge in [-0.2, -0.15) is 0 Å². The van der Waals surface area contributed by atoms with E-state index in [2.05, 4.69) is 10.3 Å². The van der Waals surface area contributed by atoms with Crippen LogP contribution in [0.1, 0.15) is 67.2 Å². The van der Waals surface area contributed by atoms with Crippen LogP contribution in [0.15, 0.2) is 77.2 Å². The Morgan fingerprint density at radius 2 is 1.66 bits per heavy atom. The molecule has 0 radical (unpaired) electrons. The Morgan fingerprint density at radius 1 is 0.955 bits per heavy atom. The number of rotatable bonds is 13. The van der Waals surface area contributed by atoms with Crippen molar-refractivity contribution in [3.8, 4) is 28.7 Å². The van der Waals surface area contributed by atoms with Gasteiger partial charge in [0.1, 0.15) is 23.0 Å². The number of aliphatic hydroxyl groups excluding tert-OH is 1. The molecule has 1 heterocycles. The molecule has 1 aromatic heterocycles. The number of aliphatic carboxylic acids is 1. The zero-order valence-electron chi connectivity index (χ0n) is 24.8. The molecule has 1 aliphatic carbocycles. The average Bonchev–Trinajstić information content (AvgIpc) is 3.41. The van der Waals surface area contributed by atoms with Crippen molar-refractivity contribution in [2.75, 3.05) is 6.61 Å². The number of para-hydroxylation sites is 1. The molecule has 3 aromatic carbocycles. The van der Waals surface area contributed by atoms with Crippen LogP contribution in [-0.2, 0) is 22.4 Å². The molecule has 1 atom stereocenters. The van der Waals surface area contributed by atoms with Crippen molar-refractivity contribution in [1.82, 2.24) is 10.3 Å². The molecule has 5 rings (SSSR count). The van der Waals surface area contributed by atoms with Gasteiger partial charge < -0.3 is 29.4 Å². The SMILES string of the molecule is Cc1oc(-c2ccc(Oc3ccccc3)cc2)nc1CCOc1ccc(CCC(=O)O)c(C(O)C(=O)NC2CCCCC2)c1. The van der Waals surface area contributed by atoms with E-state index in [4.69, 9.17) is 13.9 Å². The van der Waals surface area contributed by atoms with Crippen LogP contribution in [0.25, 0.3) is 11.5 Å². The summed E-state index contributed by atoms with van der Waals surface area (Å²) < 4.78 is 17.8. The van der Waals surface area contributed by atoms with Crippen molar-refractivity contribution >= 4 is 11.9 Å². The first kappa shape index (κ1) is 30.8. The molecular weight excluding hydrogens is 560 g/mol. The number of aliphatic hydroxyl groups is 1. The first-order chi connectivity index (χ1) is 21.4. The molecule has 0 spiro atoms. The second-order valence-electron chi connectivity index (χ2n) is 11.1. The lowest BCUT2D eigenvalue weighted by Gasteiger charge is -2.25. The van der Waals surface area contributed by atoms with E-state index in [0.717, 1.165) is 49.1 Å². The Kier molecular flexibility index (Phi) is 10.3. The number of carboxylic acids is 1. The molecule has 1 amide bonds. The number of hydrogen-bond acceptors (Lipinski definition) is 7. The van der Waals surface area contributed by atoms with E-state index in [9.17, 15) is 19.8 Å². The highest BCUT2D eigenvalue weighted by Gasteiger charge is 2.25. The van der Waals surface area contributed by atoms with E-state index >= 15 is 0 Å². The molecule has 1 unspecified atom stereocenters. The average molecular weight is 599 g/mol. The standard InChI is InChI=1S/C35H38N2O7/c1-23-31(37-35(43-23)25-13-16-28(17-14-25)44-27-10-6-3-7-11-27)20-21-42-29-18-12-24(15-19-32(38)39)30(22-29)33(40)34(41)36-26-8-4-2-5-9-26/h3,6-7,10-14,16-18,22,26,33,40H,2,4-5,8-9,15,19-21H2,1H3,(H,36,41)(H,38,39). The summed E-state index contributed by atoms with van der Waals surface area (Å²) in [5.41, 5.74) is 2.54. The number of benzene rings is 3. The first-order valence-electron chi connectivity index (χ1n) is 15.1. The van der Waals surface area contributed by atoms with Gasteiger partial charge in [0.25, 0.3) is 5.91 Å². The number of hydrogen-bond donors (Lipinski definition) is 3. The largest absolute Gasteiger partial charge is 0.493 e. The zero-order valence-corrected chi connectivity index (χ0v) is 24.8. The summed E-state index contributed by atoms with van der Waals surface area (Å²) in [6.45, 7) is 2.14. The predicted molar refractivity (Wildman–Crippen MR) is 165 cm³/mol. The monoisotopic (exact) mass is 598 g/mol. The number of nitrogens with one attached hydrogen (secondary N) is 1. The Bertz CT molecular complexity index is 1540. The fourth-order valence-electron chi connectivity index (χ4n) is 5.39. The van der Waals surface area contributed by atoms with Gasteiger partial charge in [-0.1, -0.05) is 43.5 Å². The maximum atomic E-state index is 12.9. The predicted octanol–water partition coefficient (Wildman–Crippen LogP) is 6.56. The minimum atomic E-state index is -1.42. The summed E-state index contributed by atoms with van der Waals surface area (Å²) in [7, 11) is 0. The van der Waals surface area contributed by atoms with Crippen molar-refractivity contribution in [2.45, 2.75) is 70.4 Å². The number of amides is 1. The number of oxazole rings is 1. The minimum absolute atomic E-state index is 0.0453. The number of ether oxygens (including phenoxy) is 2. The molecule has 0 bridgehead atoms.